The van der Waals surface area contributed by atoms with Gasteiger partial charge < -0.3 is 116 Å². The molecule has 640 valence electrons. The van der Waals surface area contributed by atoms with Gasteiger partial charge in [-0.3, -0.25) is 81.5 Å². The summed E-state index contributed by atoms with van der Waals surface area (Å²) in [6, 6.07) is -2.00. The zero-order valence-electron chi connectivity index (χ0n) is 65.6. The predicted octanol–water partition coefficient (Wildman–Crippen LogP) is -3.90. The molecule has 22 N–H and O–H groups in total. The number of amides is 15. The molecule has 4 aromatic rings. The van der Waals surface area contributed by atoms with Gasteiger partial charge in [-0.15, -0.1) is 0 Å². The highest BCUT2D eigenvalue weighted by atomic mass is 32.2. The summed E-state index contributed by atoms with van der Waals surface area (Å²) in [5, 5.41) is 73.8. The molecule has 3 aromatic carbocycles. The first-order valence-corrected chi connectivity index (χ1v) is 39.9. The number of hydrogen-bond acceptors (Lipinski definition) is 23. The van der Waals surface area contributed by atoms with E-state index >= 15 is 0 Å². The van der Waals surface area contributed by atoms with E-state index in [9.17, 15) is 102 Å². The van der Waals surface area contributed by atoms with Crippen LogP contribution in [0, 0.1) is 5.92 Å². The maximum Gasteiger partial charge on any atom is 0.322 e. The second-order valence-corrected chi connectivity index (χ2v) is 30.6. The summed E-state index contributed by atoms with van der Waals surface area (Å²) in [6.45, 7) is 3.73. The van der Waals surface area contributed by atoms with E-state index in [2.05, 4.69) is 63.1 Å². The van der Waals surface area contributed by atoms with Crippen molar-refractivity contribution in [1.82, 2.24) is 77.8 Å². The van der Waals surface area contributed by atoms with E-state index in [0.717, 1.165) is 4.90 Å². The van der Waals surface area contributed by atoms with E-state index in [1.165, 1.54) is 102 Å². The van der Waals surface area contributed by atoms with Crippen LogP contribution in [-0.4, -0.2) is 267 Å². The Hall–Kier alpha value is -12.4. The maximum atomic E-state index is 15.0. The molecule has 15 amide bonds. The number of aromatic hydroxyl groups is 3. The smallest absolute Gasteiger partial charge is 0.322 e. The maximum absolute atomic E-state index is 15.0. The summed E-state index contributed by atoms with van der Waals surface area (Å²) in [5.41, 5.74) is 19.2. The number of carboxylic acid groups (broad SMARTS) is 2. The summed E-state index contributed by atoms with van der Waals surface area (Å²) in [5.74, 6) is -17.1. The van der Waals surface area contributed by atoms with Crippen LogP contribution in [0.15, 0.2) is 85.3 Å². The lowest BCUT2D eigenvalue weighted by atomic mass is 10.00. The first-order valence-electron chi connectivity index (χ1n) is 38.5. The Morgan fingerprint density at radius 1 is 0.475 bits per heavy atom. The van der Waals surface area contributed by atoms with Crippen molar-refractivity contribution in [1.29, 1.82) is 0 Å². The van der Waals surface area contributed by atoms with E-state index in [4.69, 9.17) is 22.3 Å². The molecule has 0 unspecified atom stereocenters. The largest absolute Gasteiger partial charge is 0.508 e. The number of hydrogen-bond donors (Lipinski definition) is 19. The first kappa shape index (κ1) is 92.7. The van der Waals surface area contributed by atoms with Crippen molar-refractivity contribution in [2.75, 3.05) is 38.2 Å². The molecule has 40 nitrogen and oxygen atoms in total. The standard InChI is InChI=1S/C77H104N18O22S/c1-40(2)30-52(88-72(112)54(33-44-15-21-48(98)22-16-44)89-68(108)50(23-24-61(79)99)86-69(109)51(25-29-118-4)85-66(106)49(78)31-42-11-17-46(96)18-12-42)71(111)92-57(35-62(80)100)75(115)94-27-6-9-59(94)77(117)95-28-7-10-60(95)76(116)93-26-5-8-58(93)74(114)91-53(32-43-13-19-47(97)20-14-43)70(110)84-41(3)65(105)87-56(36-63(101)102)73(113)90-55(34-45-37-81-39-83-45)67(107)82-38-64(103)104/h11-22,37,39-41,49-60,96-98H,5-10,23-36,38,78H2,1-4H3,(H2,79,99)(H2,80,100)(H,81,83)(H,82,107)(H,84,110)(H,85,106)(H,86,109)(H,87,105)(H,88,112)(H,89,108)(H,90,113)(H,91,114)(H,92,111)(H,101,102)(H,103,104)/t41-,49-,50-,51-,52-,53-,54-,55-,56-,57-,58-,59-,60-/m0/s1. The monoisotopic (exact) mass is 1660 g/mol. The molecule has 0 spiro atoms. The number of benzene rings is 3. The van der Waals surface area contributed by atoms with Crippen LogP contribution in [0.3, 0.4) is 0 Å². The average Bonchev–Trinajstić information content (AvgIpc) is 1.63. The normalized spacial score (nSPS) is 17.6. The fourth-order valence-corrected chi connectivity index (χ4v) is 14.3. The molecule has 3 saturated heterocycles. The molecule has 3 aliphatic heterocycles. The van der Waals surface area contributed by atoms with Crippen LogP contribution in [0.5, 0.6) is 17.2 Å². The molecule has 3 aliphatic rings. The number of phenols is 3. The highest BCUT2D eigenvalue weighted by Gasteiger charge is 2.48. The van der Waals surface area contributed by atoms with Crippen molar-refractivity contribution in [2.45, 2.75) is 202 Å². The number of imidazole rings is 1. The van der Waals surface area contributed by atoms with Gasteiger partial charge >= 0.3 is 11.9 Å². The Morgan fingerprint density at radius 2 is 0.907 bits per heavy atom. The van der Waals surface area contributed by atoms with Gasteiger partial charge in [-0.2, -0.15) is 11.8 Å². The van der Waals surface area contributed by atoms with Gasteiger partial charge in [-0.05, 0) is 142 Å². The Morgan fingerprint density at radius 3 is 1.42 bits per heavy atom. The molecule has 0 aliphatic carbocycles. The number of carbonyl (C=O) groups excluding carboxylic acids is 15. The van der Waals surface area contributed by atoms with E-state index < -0.39 is 211 Å². The molecule has 0 bridgehead atoms. The van der Waals surface area contributed by atoms with Crippen LogP contribution in [0.2, 0.25) is 0 Å². The zero-order valence-corrected chi connectivity index (χ0v) is 66.4. The summed E-state index contributed by atoms with van der Waals surface area (Å²) in [6.07, 6.45) is 1.83. The molecule has 4 heterocycles. The fourth-order valence-electron chi connectivity index (χ4n) is 13.8. The van der Waals surface area contributed by atoms with Gasteiger partial charge in [0.15, 0.2) is 0 Å². The SMILES string of the molecule is CSCC[C@H](NC(=O)[C@@H](N)Cc1ccc(O)cc1)C(=O)N[C@@H](CCC(N)=O)C(=O)N[C@@H](Cc1ccc(O)cc1)C(=O)N[C@@H](CC(C)C)C(=O)N[C@@H](CC(N)=O)C(=O)N1CCC[C@H]1C(=O)N1CCC[C@H]1C(=O)N1CCC[C@H]1C(=O)N[C@@H](Cc1ccc(O)cc1)C(=O)N[C@@H](C)C(=O)N[C@@H](CC(=O)O)C(=O)N[C@@H](Cc1cnc[nH]1)C(=O)NCC(=O)O. The zero-order chi connectivity index (χ0) is 86.6. The third kappa shape index (κ3) is 28.2. The number of carbonyl (C=O) groups is 17. The number of phenolic OH excluding ortho intramolecular Hbond substituents is 3. The van der Waals surface area contributed by atoms with E-state index in [-0.39, 0.29) is 113 Å². The van der Waals surface area contributed by atoms with Gasteiger partial charge in [-0.25, -0.2) is 4.98 Å². The van der Waals surface area contributed by atoms with Crippen molar-refractivity contribution in [2.24, 2.45) is 23.1 Å². The number of H-pyrrole nitrogens is 1. The number of rotatable bonds is 44. The number of likely N-dealkylation sites (tertiary alicyclic amines) is 3. The van der Waals surface area contributed by atoms with E-state index in [1.807, 2.05) is 0 Å². The van der Waals surface area contributed by atoms with Crippen LogP contribution in [-0.2, 0) is 107 Å². The van der Waals surface area contributed by atoms with Gasteiger partial charge in [0.25, 0.3) is 0 Å². The Balaban J connectivity index is 1.03. The second kappa shape index (κ2) is 44.6. The molecular weight excluding hydrogens is 1560 g/mol. The number of aliphatic carboxylic acids is 2. The number of nitrogens with two attached hydrogens (primary N) is 3. The van der Waals surface area contributed by atoms with E-state index in [1.54, 1.807) is 32.2 Å². The van der Waals surface area contributed by atoms with Crippen molar-refractivity contribution < 1.29 is 107 Å². The second-order valence-electron chi connectivity index (χ2n) is 29.6. The molecule has 41 heteroatoms. The van der Waals surface area contributed by atoms with Crippen molar-refractivity contribution >= 4 is 112 Å². The lowest BCUT2D eigenvalue weighted by Gasteiger charge is -2.35. The van der Waals surface area contributed by atoms with Crippen LogP contribution in [0.25, 0.3) is 0 Å². The number of nitrogens with zero attached hydrogens (tertiary/aromatic N) is 4. The van der Waals surface area contributed by atoms with Gasteiger partial charge in [0.1, 0.15) is 96.3 Å². The van der Waals surface area contributed by atoms with Crippen molar-refractivity contribution in [3.63, 3.8) is 0 Å². The lowest BCUT2D eigenvalue weighted by Crippen LogP contribution is -2.61. The highest BCUT2D eigenvalue weighted by molar-refractivity contribution is 7.98. The molecule has 0 saturated carbocycles. The van der Waals surface area contributed by atoms with E-state index in [0.29, 0.717) is 34.6 Å². The van der Waals surface area contributed by atoms with Crippen LogP contribution in [0.1, 0.15) is 120 Å². The first-order chi connectivity index (χ1) is 56.0. The van der Waals surface area contributed by atoms with Gasteiger partial charge in [0.2, 0.25) is 88.6 Å². The minimum atomic E-state index is -1.88. The molecule has 1 aromatic heterocycles. The van der Waals surface area contributed by atoms with Gasteiger partial charge in [0.05, 0.1) is 25.2 Å². The Bertz CT molecular complexity index is 4250. The topological polar surface area (TPSA) is 628 Å². The average molecular weight is 1670 g/mol. The molecule has 118 heavy (non-hydrogen) atoms. The number of carboxylic acids is 2. The Labute approximate surface area is 682 Å². The summed E-state index contributed by atoms with van der Waals surface area (Å²) in [4.78, 5) is 245. The number of nitrogens with one attached hydrogen (secondary N) is 11. The number of primary amides is 2. The fraction of sp³-hybridized carbons (Fsp3) is 0.506. The van der Waals surface area contributed by atoms with Gasteiger partial charge in [-0.1, -0.05) is 50.2 Å². The minimum absolute atomic E-state index is 0.00792. The van der Waals surface area contributed by atoms with Crippen LogP contribution in [0.4, 0.5) is 0 Å². The molecule has 0 radical (unpaired) electrons. The third-order valence-electron chi connectivity index (χ3n) is 19.9. The number of aromatic nitrogens is 2. The summed E-state index contributed by atoms with van der Waals surface area (Å²) in [7, 11) is 0. The molecule has 3 fully saturated rings. The summed E-state index contributed by atoms with van der Waals surface area (Å²) < 4.78 is 0. The number of aromatic amines is 1. The Kier molecular flexibility index (Phi) is 35.1. The quantitative estimate of drug-likeness (QED) is 0.0201. The van der Waals surface area contributed by atoms with Crippen molar-refractivity contribution in [3.05, 3.63) is 108 Å². The lowest BCUT2D eigenvalue weighted by molar-refractivity contribution is -0.151. The molecular formula is C77H104N18O22S. The predicted molar refractivity (Wildman–Crippen MR) is 421 cm³/mol. The molecule has 7 rings (SSSR count). The molecule has 13 atom stereocenters. The van der Waals surface area contributed by atoms with Crippen LogP contribution < -0.4 is 70.4 Å². The highest BCUT2D eigenvalue weighted by Crippen LogP contribution is 2.30. The number of thioether (sulfide) groups is 1. The van der Waals surface area contributed by atoms with Gasteiger partial charge in [0, 0.05) is 57.2 Å². The minimum Gasteiger partial charge on any atom is -0.508 e. The summed E-state index contributed by atoms with van der Waals surface area (Å²) >= 11 is 1.35. The van der Waals surface area contributed by atoms with Crippen LogP contribution >= 0.6 is 11.8 Å². The third-order valence-corrected chi connectivity index (χ3v) is 20.6. The van der Waals surface area contributed by atoms with Crippen molar-refractivity contribution in [3.8, 4) is 17.2 Å².